The summed E-state index contributed by atoms with van der Waals surface area (Å²) >= 11 is 0. The Morgan fingerprint density at radius 3 is 2.38 bits per heavy atom. The minimum atomic E-state index is -3.59. The van der Waals surface area contributed by atoms with Crippen molar-refractivity contribution in [2.75, 3.05) is 12.9 Å². The van der Waals surface area contributed by atoms with Crippen molar-refractivity contribution < 1.29 is 17.5 Å². The molecular formula is C10H12ClFO3S. The zero-order valence-electron chi connectivity index (χ0n) is 8.69. The van der Waals surface area contributed by atoms with Gasteiger partial charge in [0.2, 0.25) is 9.05 Å². The number of rotatable bonds is 5. The number of hydrogen-bond donors (Lipinski definition) is 0. The van der Waals surface area contributed by atoms with Crippen LogP contribution in [0.2, 0.25) is 0 Å². The monoisotopic (exact) mass is 266 g/mol. The SMILES string of the molecule is CO[C@H](Cc1ccc(F)cc1)CS(=O)(=O)Cl. The highest BCUT2D eigenvalue weighted by molar-refractivity contribution is 8.13. The molecule has 0 aliphatic heterocycles. The number of benzene rings is 1. The number of hydrogen-bond acceptors (Lipinski definition) is 3. The predicted molar refractivity (Wildman–Crippen MR) is 60.5 cm³/mol. The summed E-state index contributed by atoms with van der Waals surface area (Å²) in [6.45, 7) is 0. The molecule has 0 bridgehead atoms. The average molecular weight is 267 g/mol. The first-order valence-corrected chi connectivity index (χ1v) is 7.08. The summed E-state index contributed by atoms with van der Waals surface area (Å²) in [5, 5.41) is 0. The Balaban J connectivity index is 2.67. The Bertz CT molecular complexity index is 430. The number of halogens is 2. The fourth-order valence-electron chi connectivity index (χ4n) is 1.32. The summed E-state index contributed by atoms with van der Waals surface area (Å²) in [6.07, 6.45) is -0.143. The minimum absolute atomic E-state index is 0.261. The molecule has 1 aromatic carbocycles. The molecule has 0 unspecified atom stereocenters. The number of methoxy groups -OCH3 is 1. The van der Waals surface area contributed by atoms with Gasteiger partial charge in [-0.1, -0.05) is 12.1 Å². The molecule has 1 rings (SSSR count). The van der Waals surface area contributed by atoms with Crippen LogP contribution in [-0.4, -0.2) is 27.4 Å². The van der Waals surface area contributed by atoms with Gasteiger partial charge in [0.1, 0.15) is 5.82 Å². The minimum Gasteiger partial charge on any atom is -0.380 e. The van der Waals surface area contributed by atoms with Crippen LogP contribution in [0.1, 0.15) is 5.56 Å². The standard InChI is InChI=1S/C10H12ClFO3S/c1-15-10(7-16(11,13)14)6-8-2-4-9(12)5-3-8/h2-5,10H,6-7H2,1H3/t10-/m1/s1. The van der Waals surface area contributed by atoms with Crippen molar-refractivity contribution in [3.63, 3.8) is 0 Å². The molecule has 3 nitrogen and oxygen atoms in total. The molecular weight excluding hydrogens is 255 g/mol. The van der Waals surface area contributed by atoms with Gasteiger partial charge in [-0.05, 0) is 24.1 Å². The maximum absolute atomic E-state index is 12.6. The summed E-state index contributed by atoms with van der Waals surface area (Å²) in [5.74, 6) is -0.592. The maximum Gasteiger partial charge on any atom is 0.235 e. The Morgan fingerprint density at radius 2 is 1.94 bits per heavy atom. The molecule has 0 heterocycles. The molecule has 0 fully saturated rings. The first-order chi connectivity index (χ1) is 7.40. The second kappa shape index (κ2) is 5.61. The molecule has 0 saturated carbocycles. The van der Waals surface area contributed by atoms with Gasteiger partial charge in [0.05, 0.1) is 11.9 Å². The molecule has 0 spiro atoms. The zero-order chi connectivity index (χ0) is 12.2. The van der Waals surface area contributed by atoms with Crippen molar-refractivity contribution in [3.05, 3.63) is 35.6 Å². The van der Waals surface area contributed by atoms with E-state index < -0.39 is 15.2 Å². The van der Waals surface area contributed by atoms with Crippen LogP contribution in [0.3, 0.4) is 0 Å². The van der Waals surface area contributed by atoms with Crippen LogP contribution in [0.4, 0.5) is 4.39 Å². The summed E-state index contributed by atoms with van der Waals surface area (Å²) in [6, 6.07) is 5.80. The normalized spacial score (nSPS) is 13.7. The summed E-state index contributed by atoms with van der Waals surface area (Å²) in [5.41, 5.74) is 0.800. The fraction of sp³-hybridized carbons (Fsp3) is 0.400. The molecule has 0 radical (unpaired) electrons. The van der Waals surface area contributed by atoms with E-state index in [0.717, 1.165) is 5.56 Å². The molecule has 90 valence electrons. The lowest BCUT2D eigenvalue weighted by Crippen LogP contribution is -2.22. The molecule has 0 aromatic heterocycles. The summed E-state index contributed by atoms with van der Waals surface area (Å²) < 4.78 is 39.4. The molecule has 0 aliphatic rings. The van der Waals surface area contributed by atoms with Gasteiger partial charge in [-0.3, -0.25) is 0 Å². The van der Waals surface area contributed by atoms with Crippen LogP contribution in [0, 0.1) is 5.82 Å². The Labute approximate surface area is 98.6 Å². The van der Waals surface area contributed by atoms with Crippen molar-refractivity contribution in [2.24, 2.45) is 0 Å². The third kappa shape index (κ3) is 4.92. The lowest BCUT2D eigenvalue weighted by atomic mass is 10.1. The van der Waals surface area contributed by atoms with Crippen LogP contribution in [0.25, 0.3) is 0 Å². The first kappa shape index (κ1) is 13.4. The van der Waals surface area contributed by atoms with E-state index >= 15 is 0 Å². The van der Waals surface area contributed by atoms with Crippen LogP contribution < -0.4 is 0 Å². The molecule has 0 amide bonds. The van der Waals surface area contributed by atoms with Gasteiger partial charge in [-0.2, -0.15) is 0 Å². The second-order valence-corrected chi connectivity index (χ2v) is 6.22. The highest BCUT2D eigenvalue weighted by Gasteiger charge is 2.16. The van der Waals surface area contributed by atoms with Gasteiger partial charge < -0.3 is 4.74 Å². The molecule has 16 heavy (non-hydrogen) atoms. The quantitative estimate of drug-likeness (QED) is 0.765. The lowest BCUT2D eigenvalue weighted by Gasteiger charge is -2.13. The van der Waals surface area contributed by atoms with E-state index in [4.69, 9.17) is 15.4 Å². The third-order valence-corrected chi connectivity index (χ3v) is 3.24. The van der Waals surface area contributed by atoms with Crippen molar-refractivity contribution in [1.82, 2.24) is 0 Å². The van der Waals surface area contributed by atoms with Gasteiger partial charge in [0, 0.05) is 17.8 Å². The van der Waals surface area contributed by atoms with Gasteiger partial charge in [-0.25, -0.2) is 12.8 Å². The Morgan fingerprint density at radius 1 is 1.38 bits per heavy atom. The molecule has 0 saturated heterocycles. The molecule has 6 heteroatoms. The van der Waals surface area contributed by atoms with Gasteiger partial charge >= 0.3 is 0 Å². The third-order valence-electron chi connectivity index (χ3n) is 2.09. The molecule has 1 atom stereocenters. The highest BCUT2D eigenvalue weighted by atomic mass is 35.7. The van der Waals surface area contributed by atoms with Crippen LogP contribution in [0.15, 0.2) is 24.3 Å². The van der Waals surface area contributed by atoms with E-state index in [-0.39, 0.29) is 11.6 Å². The largest absolute Gasteiger partial charge is 0.380 e. The molecule has 0 N–H and O–H groups in total. The fourth-order valence-corrected chi connectivity index (χ4v) is 2.44. The smallest absolute Gasteiger partial charge is 0.235 e. The van der Waals surface area contributed by atoms with E-state index in [9.17, 15) is 12.8 Å². The van der Waals surface area contributed by atoms with E-state index in [1.165, 1.54) is 19.2 Å². The van der Waals surface area contributed by atoms with Gasteiger partial charge in [0.15, 0.2) is 0 Å². The van der Waals surface area contributed by atoms with E-state index in [0.29, 0.717) is 6.42 Å². The highest BCUT2D eigenvalue weighted by Crippen LogP contribution is 2.10. The number of ether oxygens (including phenoxy) is 1. The zero-order valence-corrected chi connectivity index (χ0v) is 10.3. The van der Waals surface area contributed by atoms with E-state index in [1.54, 1.807) is 12.1 Å². The predicted octanol–water partition coefficient (Wildman–Crippen LogP) is 1.95. The Kier molecular flexibility index (Phi) is 4.70. The van der Waals surface area contributed by atoms with Gasteiger partial charge in [0.25, 0.3) is 0 Å². The molecule has 0 aliphatic carbocycles. The van der Waals surface area contributed by atoms with Crippen molar-refractivity contribution in [1.29, 1.82) is 0 Å². The second-order valence-electron chi connectivity index (χ2n) is 3.39. The summed E-state index contributed by atoms with van der Waals surface area (Å²) in [7, 11) is 2.95. The molecule has 1 aromatic rings. The Hall–Kier alpha value is -0.650. The topological polar surface area (TPSA) is 43.4 Å². The maximum atomic E-state index is 12.6. The van der Waals surface area contributed by atoms with Crippen LogP contribution in [-0.2, 0) is 20.2 Å². The first-order valence-electron chi connectivity index (χ1n) is 4.60. The van der Waals surface area contributed by atoms with E-state index in [2.05, 4.69) is 0 Å². The van der Waals surface area contributed by atoms with Crippen molar-refractivity contribution in [3.8, 4) is 0 Å². The van der Waals surface area contributed by atoms with Crippen LogP contribution in [0.5, 0.6) is 0 Å². The van der Waals surface area contributed by atoms with E-state index in [1.807, 2.05) is 0 Å². The summed E-state index contributed by atoms with van der Waals surface area (Å²) in [4.78, 5) is 0. The van der Waals surface area contributed by atoms with Crippen molar-refractivity contribution >= 4 is 19.7 Å². The average Bonchev–Trinajstić information content (AvgIpc) is 2.18. The van der Waals surface area contributed by atoms with Gasteiger partial charge in [-0.15, -0.1) is 0 Å². The van der Waals surface area contributed by atoms with Crippen molar-refractivity contribution in [2.45, 2.75) is 12.5 Å². The van der Waals surface area contributed by atoms with Crippen LogP contribution >= 0.6 is 10.7 Å². The lowest BCUT2D eigenvalue weighted by molar-refractivity contribution is 0.121.